The number of likely N-dealkylation sites (tertiary alicyclic amines) is 1. The van der Waals surface area contributed by atoms with Gasteiger partial charge in [0.15, 0.2) is 0 Å². The Labute approximate surface area is 130 Å². The lowest BCUT2D eigenvalue weighted by Crippen LogP contribution is -2.36. The van der Waals surface area contributed by atoms with E-state index in [-0.39, 0.29) is 5.56 Å². The molecule has 1 unspecified atom stereocenters. The number of aryl methyl sites for hydroxylation is 1. The zero-order chi connectivity index (χ0) is 15.5. The summed E-state index contributed by atoms with van der Waals surface area (Å²) in [4.78, 5) is 19.3. The number of aromatic nitrogens is 2. The summed E-state index contributed by atoms with van der Waals surface area (Å²) < 4.78 is 1.62. The molecule has 3 rings (SSSR count). The maximum atomic E-state index is 12.2. The van der Waals surface area contributed by atoms with E-state index in [9.17, 15) is 4.79 Å². The number of nitrogens with two attached hydrogens (primary N) is 1. The second-order valence-electron chi connectivity index (χ2n) is 6.34. The fraction of sp³-hybridized carbons (Fsp3) is 0.529. The minimum absolute atomic E-state index is 0.000724. The van der Waals surface area contributed by atoms with Crippen molar-refractivity contribution in [2.75, 3.05) is 19.6 Å². The van der Waals surface area contributed by atoms with Gasteiger partial charge in [0, 0.05) is 25.4 Å². The fourth-order valence-electron chi connectivity index (χ4n) is 3.33. The Balaban J connectivity index is 1.79. The van der Waals surface area contributed by atoms with E-state index in [0.717, 1.165) is 49.5 Å². The van der Waals surface area contributed by atoms with Crippen LogP contribution in [-0.2, 0) is 6.54 Å². The van der Waals surface area contributed by atoms with Crippen molar-refractivity contribution in [2.24, 2.45) is 11.7 Å². The van der Waals surface area contributed by atoms with Gasteiger partial charge in [0.1, 0.15) is 5.65 Å². The molecule has 0 amide bonds. The predicted molar refractivity (Wildman–Crippen MR) is 87.9 cm³/mol. The van der Waals surface area contributed by atoms with E-state index in [4.69, 9.17) is 5.73 Å². The molecule has 5 heteroatoms. The van der Waals surface area contributed by atoms with Gasteiger partial charge in [-0.25, -0.2) is 4.98 Å². The summed E-state index contributed by atoms with van der Waals surface area (Å²) in [5.74, 6) is 0.683. The van der Waals surface area contributed by atoms with Gasteiger partial charge >= 0.3 is 0 Å². The number of hydrogen-bond acceptors (Lipinski definition) is 4. The predicted octanol–water partition coefficient (Wildman–Crippen LogP) is 1.56. The highest BCUT2D eigenvalue weighted by Gasteiger charge is 2.19. The van der Waals surface area contributed by atoms with Gasteiger partial charge in [-0.3, -0.25) is 14.1 Å². The standard InChI is InChI=1S/C17H24N4O/c1-13-4-5-16-19-15(9-17(22)21(16)10-13)12-20-8-2-3-14(11-20)6-7-18/h4-5,9-10,14H,2-3,6-8,11-12,18H2,1H3. The lowest BCUT2D eigenvalue weighted by molar-refractivity contribution is 0.161. The number of nitrogens with zero attached hydrogens (tertiary/aromatic N) is 3. The monoisotopic (exact) mass is 300 g/mol. The topological polar surface area (TPSA) is 63.6 Å². The van der Waals surface area contributed by atoms with E-state index >= 15 is 0 Å². The SMILES string of the molecule is Cc1ccc2nc(CN3CCCC(CCN)C3)cc(=O)n2c1. The molecule has 2 N–H and O–H groups in total. The summed E-state index contributed by atoms with van der Waals surface area (Å²) in [5, 5.41) is 0. The number of rotatable bonds is 4. The van der Waals surface area contributed by atoms with Gasteiger partial charge in [0.25, 0.3) is 5.56 Å². The zero-order valence-corrected chi connectivity index (χ0v) is 13.2. The summed E-state index contributed by atoms with van der Waals surface area (Å²) in [6.07, 6.45) is 5.40. The Morgan fingerprint density at radius 3 is 3.09 bits per heavy atom. The van der Waals surface area contributed by atoms with Gasteiger partial charge in [-0.1, -0.05) is 6.07 Å². The molecule has 0 radical (unpaired) electrons. The van der Waals surface area contributed by atoms with Crippen LogP contribution in [0.1, 0.15) is 30.5 Å². The van der Waals surface area contributed by atoms with Crippen molar-refractivity contribution in [3.05, 3.63) is 46.0 Å². The molecule has 0 saturated carbocycles. The lowest BCUT2D eigenvalue weighted by Gasteiger charge is -2.32. The highest BCUT2D eigenvalue weighted by atomic mass is 16.1. The van der Waals surface area contributed by atoms with Crippen molar-refractivity contribution >= 4 is 5.65 Å². The Morgan fingerprint density at radius 2 is 2.27 bits per heavy atom. The van der Waals surface area contributed by atoms with Crippen LogP contribution in [0.5, 0.6) is 0 Å². The molecule has 1 atom stereocenters. The summed E-state index contributed by atoms with van der Waals surface area (Å²) >= 11 is 0. The third-order valence-electron chi connectivity index (χ3n) is 4.42. The van der Waals surface area contributed by atoms with E-state index < -0.39 is 0 Å². The highest BCUT2D eigenvalue weighted by Crippen LogP contribution is 2.20. The normalized spacial score (nSPS) is 19.6. The number of pyridine rings is 1. The second kappa shape index (κ2) is 6.58. The third kappa shape index (κ3) is 3.36. The van der Waals surface area contributed by atoms with E-state index in [1.807, 2.05) is 25.3 Å². The Kier molecular flexibility index (Phi) is 4.55. The molecule has 0 aromatic carbocycles. The average molecular weight is 300 g/mol. The van der Waals surface area contributed by atoms with E-state index in [1.54, 1.807) is 10.5 Å². The molecule has 1 aliphatic heterocycles. The zero-order valence-electron chi connectivity index (χ0n) is 13.2. The molecule has 0 spiro atoms. The molecule has 118 valence electrons. The number of piperidine rings is 1. The number of fused-ring (bicyclic) bond motifs is 1. The smallest absolute Gasteiger partial charge is 0.258 e. The second-order valence-corrected chi connectivity index (χ2v) is 6.34. The fourth-order valence-corrected chi connectivity index (χ4v) is 3.33. The quantitative estimate of drug-likeness (QED) is 0.931. The highest BCUT2D eigenvalue weighted by molar-refractivity contribution is 5.39. The van der Waals surface area contributed by atoms with E-state index in [0.29, 0.717) is 5.92 Å². The minimum atomic E-state index is -0.000724. The largest absolute Gasteiger partial charge is 0.330 e. The first-order chi connectivity index (χ1) is 10.7. The van der Waals surface area contributed by atoms with Gasteiger partial charge < -0.3 is 5.73 Å². The first-order valence-electron chi connectivity index (χ1n) is 8.07. The average Bonchev–Trinajstić information content (AvgIpc) is 2.49. The molecule has 1 aliphatic rings. The van der Waals surface area contributed by atoms with Crippen LogP contribution in [0.25, 0.3) is 5.65 Å². The minimum Gasteiger partial charge on any atom is -0.330 e. The van der Waals surface area contributed by atoms with Crippen LogP contribution in [0.15, 0.2) is 29.2 Å². The molecular weight excluding hydrogens is 276 g/mol. The maximum Gasteiger partial charge on any atom is 0.258 e. The van der Waals surface area contributed by atoms with Crippen LogP contribution in [0.2, 0.25) is 0 Å². The molecule has 2 aromatic heterocycles. The van der Waals surface area contributed by atoms with Crippen molar-refractivity contribution < 1.29 is 0 Å². The van der Waals surface area contributed by atoms with Gasteiger partial charge in [-0.05, 0) is 56.8 Å². The first kappa shape index (κ1) is 15.2. The number of hydrogen-bond donors (Lipinski definition) is 1. The first-order valence-corrected chi connectivity index (χ1v) is 8.07. The molecule has 0 aliphatic carbocycles. The van der Waals surface area contributed by atoms with Gasteiger partial charge in [-0.15, -0.1) is 0 Å². The molecule has 5 nitrogen and oxygen atoms in total. The Morgan fingerprint density at radius 1 is 1.41 bits per heavy atom. The molecule has 3 heterocycles. The van der Waals surface area contributed by atoms with Crippen LogP contribution >= 0.6 is 0 Å². The van der Waals surface area contributed by atoms with Crippen LogP contribution in [-0.4, -0.2) is 33.9 Å². The van der Waals surface area contributed by atoms with Crippen LogP contribution in [0.4, 0.5) is 0 Å². The van der Waals surface area contributed by atoms with Crippen molar-refractivity contribution in [3.8, 4) is 0 Å². The molecular formula is C17H24N4O. The molecule has 1 fully saturated rings. The van der Waals surface area contributed by atoms with Crippen LogP contribution in [0.3, 0.4) is 0 Å². The van der Waals surface area contributed by atoms with E-state index in [2.05, 4.69) is 9.88 Å². The third-order valence-corrected chi connectivity index (χ3v) is 4.42. The van der Waals surface area contributed by atoms with Crippen molar-refractivity contribution in [1.82, 2.24) is 14.3 Å². The summed E-state index contributed by atoms with van der Waals surface area (Å²) in [6, 6.07) is 5.57. The van der Waals surface area contributed by atoms with Crippen molar-refractivity contribution in [3.63, 3.8) is 0 Å². The molecule has 22 heavy (non-hydrogen) atoms. The Hall–Kier alpha value is -1.72. The molecule has 2 aromatic rings. The summed E-state index contributed by atoms with van der Waals surface area (Å²) in [6.45, 7) is 5.63. The molecule has 1 saturated heterocycles. The van der Waals surface area contributed by atoms with Crippen LogP contribution in [0, 0.1) is 12.8 Å². The van der Waals surface area contributed by atoms with Crippen LogP contribution < -0.4 is 11.3 Å². The van der Waals surface area contributed by atoms with Crippen molar-refractivity contribution in [2.45, 2.75) is 32.7 Å². The van der Waals surface area contributed by atoms with Gasteiger partial charge in [-0.2, -0.15) is 0 Å². The van der Waals surface area contributed by atoms with Gasteiger partial charge in [0.05, 0.1) is 5.69 Å². The maximum absolute atomic E-state index is 12.2. The van der Waals surface area contributed by atoms with Gasteiger partial charge in [0.2, 0.25) is 0 Å². The Bertz CT molecular complexity index is 707. The summed E-state index contributed by atoms with van der Waals surface area (Å²) in [7, 11) is 0. The lowest BCUT2D eigenvalue weighted by atomic mass is 9.95. The van der Waals surface area contributed by atoms with Crippen molar-refractivity contribution in [1.29, 1.82) is 0 Å². The summed E-state index contributed by atoms with van der Waals surface area (Å²) in [5.41, 5.74) is 8.32. The van der Waals surface area contributed by atoms with E-state index in [1.165, 1.54) is 12.8 Å². The molecule has 0 bridgehead atoms.